The number of H-pyrrole nitrogens is 1. The maximum absolute atomic E-state index is 13.2. The van der Waals surface area contributed by atoms with Crippen molar-refractivity contribution < 1.29 is 9.50 Å². The maximum Gasteiger partial charge on any atom is 0.328 e. The van der Waals surface area contributed by atoms with Crippen molar-refractivity contribution in [3.05, 3.63) is 70.2 Å². The third-order valence-corrected chi connectivity index (χ3v) is 4.56. The molecule has 1 fully saturated rings. The lowest BCUT2D eigenvalue weighted by Crippen LogP contribution is -2.15. The zero-order valence-corrected chi connectivity index (χ0v) is 13.0. The zero-order valence-electron chi connectivity index (χ0n) is 13.0. The van der Waals surface area contributed by atoms with Crippen molar-refractivity contribution >= 4 is 0 Å². The molecule has 2 aromatic heterocycles. The van der Waals surface area contributed by atoms with Gasteiger partial charge in [0.1, 0.15) is 5.82 Å². The fraction of sp³-hybridized carbons (Fsp3) is 0.222. The minimum atomic E-state index is -0.300. The molecule has 4 rings (SSSR count). The predicted octanol–water partition coefficient (Wildman–Crippen LogP) is 3.12. The van der Waals surface area contributed by atoms with Gasteiger partial charge >= 0.3 is 5.69 Å². The molecule has 0 radical (unpaired) electrons. The Hall–Kier alpha value is -2.89. The number of aromatic nitrogens is 3. The van der Waals surface area contributed by atoms with Gasteiger partial charge in [0.15, 0.2) is 0 Å². The summed E-state index contributed by atoms with van der Waals surface area (Å²) in [6.07, 6.45) is 3.88. The molecule has 0 aliphatic heterocycles. The fourth-order valence-electron chi connectivity index (χ4n) is 3.21. The van der Waals surface area contributed by atoms with Crippen LogP contribution in [0.3, 0.4) is 0 Å². The Morgan fingerprint density at radius 3 is 2.79 bits per heavy atom. The standard InChI is InChI=1S/C18H16FN3O2/c1-10-6-12(19)3-4-13(10)15-5-2-11(8-20-15)14-7-16(14)22-17(23)9-21-18(22)24/h2-6,8-9,14,16,23H,7H2,1H3,(H,21,24)/t14-,16+/m1/s1. The van der Waals surface area contributed by atoms with E-state index < -0.39 is 0 Å². The minimum Gasteiger partial charge on any atom is -0.493 e. The van der Waals surface area contributed by atoms with Crippen LogP contribution in [0.5, 0.6) is 5.88 Å². The van der Waals surface area contributed by atoms with Crippen LogP contribution in [0.2, 0.25) is 0 Å². The van der Waals surface area contributed by atoms with Gasteiger partial charge in [0.05, 0.1) is 11.9 Å². The highest BCUT2D eigenvalue weighted by Gasteiger charge is 2.42. The summed E-state index contributed by atoms with van der Waals surface area (Å²) in [5.41, 5.74) is 3.25. The number of imidazole rings is 1. The molecule has 2 heterocycles. The van der Waals surface area contributed by atoms with Crippen molar-refractivity contribution in [1.82, 2.24) is 14.5 Å². The van der Waals surface area contributed by atoms with Gasteiger partial charge in [0.25, 0.3) is 0 Å². The van der Waals surface area contributed by atoms with Gasteiger partial charge in [0, 0.05) is 23.7 Å². The number of aromatic hydroxyl groups is 1. The van der Waals surface area contributed by atoms with Crippen LogP contribution >= 0.6 is 0 Å². The Balaban J connectivity index is 1.58. The van der Waals surface area contributed by atoms with E-state index in [1.165, 1.54) is 22.9 Å². The third-order valence-electron chi connectivity index (χ3n) is 4.56. The quantitative estimate of drug-likeness (QED) is 0.777. The molecular weight excluding hydrogens is 309 g/mol. The van der Waals surface area contributed by atoms with Crippen LogP contribution in [0.4, 0.5) is 4.39 Å². The van der Waals surface area contributed by atoms with Crippen LogP contribution in [0, 0.1) is 12.7 Å². The molecule has 3 aromatic rings. The molecule has 0 bridgehead atoms. The average Bonchev–Trinajstić information content (AvgIpc) is 3.26. The van der Waals surface area contributed by atoms with Crippen molar-refractivity contribution in [3.63, 3.8) is 0 Å². The Kier molecular flexibility index (Phi) is 3.26. The van der Waals surface area contributed by atoms with Gasteiger partial charge in [-0.25, -0.2) is 9.18 Å². The van der Waals surface area contributed by atoms with Crippen LogP contribution in [-0.4, -0.2) is 19.6 Å². The van der Waals surface area contributed by atoms with Gasteiger partial charge in [-0.15, -0.1) is 0 Å². The van der Waals surface area contributed by atoms with E-state index in [9.17, 15) is 14.3 Å². The van der Waals surface area contributed by atoms with E-state index in [0.717, 1.165) is 28.8 Å². The molecule has 6 heteroatoms. The van der Waals surface area contributed by atoms with Crippen molar-refractivity contribution in [3.8, 4) is 17.1 Å². The van der Waals surface area contributed by atoms with Gasteiger partial charge in [-0.2, -0.15) is 0 Å². The summed E-state index contributed by atoms with van der Waals surface area (Å²) in [5, 5.41) is 9.74. The highest BCUT2D eigenvalue weighted by atomic mass is 19.1. The highest BCUT2D eigenvalue weighted by Crippen LogP contribution is 2.51. The van der Waals surface area contributed by atoms with Gasteiger partial charge in [-0.05, 0) is 48.7 Å². The topological polar surface area (TPSA) is 70.9 Å². The molecule has 0 amide bonds. The zero-order chi connectivity index (χ0) is 16.8. The van der Waals surface area contributed by atoms with E-state index >= 15 is 0 Å². The number of nitrogens with one attached hydrogen (secondary N) is 1. The van der Waals surface area contributed by atoms with E-state index in [1.807, 2.05) is 19.1 Å². The number of aromatic amines is 1. The molecule has 0 saturated heterocycles. The molecule has 1 aliphatic rings. The van der Waals surface area contributed by atoms with Gasteiger partial charge in [-0.1, -0.05) is 6.07 Å². The molecule has 122 valence electrons. The lowest BCUT2D eigenvalue weighted by molar-refractivity contribution is 0.413. The minimum absolute atomic E-state index is 0.0380. The molecule has 0 spiro atoms. The van der Waals surface area contributed by atoms with Crippen LogP contribution < -0.4 is 5.69 Å². The van der Waals surface area contributed by atoms with E-state index in [4.69, 9.17) is 0 Å². The third kappa shape index (κ3) is 2.40. The lowest BCUT2D eigenvalue weighted by atomic mass is 10.0. The SMILES string of the molecule is Cc1cc(F)ccc1-c1ccc([C@H]2C[C@@H]2n2c(O)c[nH]c2=O)cn1. The summed E-state index contributed by atoms with van der Waals surface area (Å²) >= 11 is 0. The van der Waals surface area contributed by atoms with Crippen LogP contribution in [0.25, 0.3) is 11.3 Å². The molecule has 2 atom stereocenters. The summed E-state index contributed by atoms with van der Waals surface area (Å²) in [5.74, 6) is -0.135. The van der Waals surface area contributed by atoms with E-state index in [2.05, 4.69) is 9.97 Å². The second kappa shape index (κ2) is 5.33. The molecular formula is C18H16FN3O2. The summed E-state index contributed by atoms with van der Waals surface area (Å²) in [7, 11) is 0. The normalized spacial score (nSPS) is 19.4. The molecule has 1 aliphatic carbocycles. The van der Waals surface area contributed by atoms with Crippen molar-refractivity contribution in [2.45, 2.75) is 25.3 Å². The molecule has 1 aromatic carbocycles. The first-order chi connectivity index (χ1) is 11.5. The van der Waals surface area contributed by atoms with E-state index in [0.29, 0.717) is 0 Å². The van der Waals surface area contributed by atoms with E-state index in [-0.39, 0.29) is 29.3 Å². The van der Waals surface area contributed by atoms with Crippen molar-refractivity contribution in [2.75, 3.05) is 0 Å². The van der Waals surface area contributed by atoms with Crippen molar-refractivity contribution in [1.29, 1.82) is 0 Å². The smallest absolute Gasteiger partial charge is 0.328 e. The Bertz CT molecular complexity index is 959. The maximum atomic E-state index is 13.2. The van der Waals surface area contributed by atoms with Gasteiger partial charge in [-0.3, -0.25) is 9.55 Å². The fourth-order valence-corrected chi connectivity index (χ4v) is 3.21. The Labute approximate surface area is 137 Å². The monoisotopic (exact) mass is 325 g/mol. The molecule has 2 N–H and O–H groups in total. The van der Waals surface area contributed by atoms with E-state index in [1.54, 1.807) is 12.3 Å². The van der Waals surface area contributed by atoms with Crippen LogP contribution in [0.15, 0.2) is 47.5 Å². The average molecular weight is 325 g/mol. The lowest BCUT2D eigenvalue weighted by Gasteiger charge is -2.07. The molecule has 24 heavy (non-hydrogen) atoms. The second-order valence-corrected chi connectivity index (χ2v) is 6.17. The number of pyridine rings is 1. The number of hydrogen-bond acceptors (Lipinski definition) is 3. The van der Waals surface area contributed by atoms with Crippen molar-refractivity contribution in [2.24, 2.45) is 0 Å². The number of nitrogens with zero attached hydrogens (tertiary/aromatic N) is 2. The molecule has 0 unspecified atom stereocenters. The Morgan fingerprint density at radius 1 is 1.33 bits per heavy atom. The first-order valence-electron chi connectivity index (χ1n) is 7.76. The van der Waals surface area contributed by atoms with Crippen LogP contribution in [0.1, 0.15) is 29.5 Å². The first kappa shape index (κ1) is 14.7. The number of aryl methyl sites for hydroxylation is 1. The summed E-state index contributed by atoms with van der Waals surface area (Å²) in [4.78, 5) is 18.7. The number of halogens is 1. The largest absolute Gasteiger partial charge is 0.493 e. The second-order valence-electron chi connectivity index (χ2n) is 6.17. The molecule has 5 nitrogen and oxygen atoms in total. The highest BCUT2D eigenvalue weighted by molar-refractivity contribution is 5.63. The predicted molar refractivity (Wildman–Crippen MR) is 87.5 cm³/mol. The first-order valence-corrected chi connectivity index (χ1v) is 7.76. The number of hydrogen-bond donors (Lipinski definition) is 2. The number of rotatable bonds is 3. The summed E-state index contributed by atoms with van der Waals surface area (Å²) in [6, 6.07) is 8.49. The van der Waals surface area contributed by atoms with Gasteiger partial charge in [0.2, 0.25) is 5.88 Å². The number of benzene rings is 1. The molecule has 1 saturated carbocycles. The summed E-state index contributed by atoms with van der Waals surface area (Å²) < 4.78 is 14.6. The van der Waals surface area contributed by atoms with Crippen LogP contribution in [-0.2, 0) is 0 Å². The van der Waals surface area contributed by atoms with Gasteiger partial charge < -0.3 is 10.1 Å². The Morgan fingerprint density at radius 2 is 2.17 bits per heavy atom. The summed E-state index contributed by atoms with van der Waals surface area (Å²) in [6.45, 7) is 1.85.